The van der Waals surface area contributed by atoms with E-state index in [0.717, 1.165) is 25.2 Å². The summed E-state index contributed by atoms with van der Waals surface area (Å²) >= 11 is 0. The molecule has 0 bridgehead atoms. The van der Waals surface area contributed by atoms with Gasteiger partial charge in [-0.2, -0.15) is 0 Å². The molecule has 2 N–H and O–H groups in total. The zero-order valence-corrected chi connectivity index (χ0v) is 9.99. The molecule has 1 aromatic rings. The molecule has 0 fully saturated rings. The van der Waals surface area contributed by atoms with Crippen molar-refractivity contribution >= 4 is 0 Å². The first-order chi connectivity index (χ1) is 7.65. The third kappa shape index (κ3) is 2.64. The normalized spacial score (nSPS) is 16.8. The maximum Gasteiger partial charge on any atom is 0.109 e. The summed E-state index contributed by atoms with van der Waals surface area (Å²) in [5.74, 6) is 0.958. The van der Waals surface area contributed by atoms with Crippen molar-refractivity contribution in [3.05, 3.63) is 46.7 Å². The summed E-state index contributed by atoms with van der Waals surface area (Å²) in [5, 5.41) is 0. The van der Waals surface area contributed by atoms with Crippen LogP contribution in [0.5, 0.6) is 0 Å². The summed E-state index contributed by atoms with van der Waals surface area (Å²) < 4.78 is 5.48. The lowest BCUT2D eigenvalue weighted by Gasteiger charge is -2.14. The molecule has 0 saturated carbocycles. The lowest BCUT2D eigenvalue weighted by atomic mass is 10.0. The standard InChI is InChI=1S/C14H19NO/c1-10-6-11(2)8-12(7-10)9-13(15)14-4-3-5-16-14/h4,6-8,13H,3,5,9,15H2,1-2H3. The first kappa shape index (κ1) is 11.2. The Bertz CT molecular complexity index is 389. The number of rotatable bonds is 3. The summed E-state index contributed by atoms with van der Waals surface area (Å²) in [6.45, 7) is 5.02. The molecule has 86 valence electrons. The minimum Gasteiger partial charge on any atom is -0.496 e. The highest BCUT2D eigenvalue weighted by atomic mass is 16.5. The highest BCUT2D eigenvalue weighted by Gasteiger charge is 2.15. The second-order valence-electron chi connectivity index (χ2n) is 4.55. The Hall–Kier alpha value is -1.28. The van der Waals surface area contributed by atoms with Crippen molar-refractivity contribution in [3.63, 3.8) is 0 Å². The molecule has 0 aliphatic carbocycles. The Balaban J connectivity index is 2.08. The molecule has 16 heavy (non-hydrogen) atoms. The minimum absolute atomic E-state index is 0.00343. The van der Waals surface area contributed by atoms with E-state index in [1.165, 1.54) is 16.7 Å². The van der Waals surface area contributed by atoms with Crippen molar-refractivity contribution in [2.75, 3.05) is 6.61 Å². The van der Waals surface area contributed by atoms with Gasteiger partial charge < -0.3 is 10.5 Å². The molecule has 1 aliphatic rings. The Morgan fingerprint density at radius 1 is 1.25 bits per heavy atom. The predicted octanol–water partition coefficient (Wildman–Crippen LogP) is 2.48. The van der Waals surface area contributed by atoms with Crippen molar-refractivity contribution in [3.8, 4) is 0 Å². The highest BCUT2D eigenvalue weighted by molar-refractivity contribution is 5.30. The van der Waals surface area contributed by atoms with Gasteiger partial charge in [-0.15, -0.1) is 0 Å². The van der Waals surface area contributed by atoms with Crippen LogP contribution in [0.4, 0.5) is 0 Å². The van der Waals surface area contributed by atoms with Crippen molar-refractivity contribution < 1.29 is 4.74 Å². The molecule has 1 aliphatic heterocycles. The third-order valence-electron chi connectivity index (χ3n) is 2.83. The molecule has 1 heterocycles. The van der Waals surface area contributed by atoms with E-state index in [2.05, 4.69) is 38.1 Å². The summed E-state index contributed by atoms with van der Waals surface area (Å²) in [7, 11) is 0. The Morgan fingerprint density at radius 2 is 1.94 bits per heavy atom. The van der Waals surface area contributed by atoms with Gasteiger partial charge >= 0.3 is 0 Å². The molecule has 2 rings (SSSR count). The van der Waals surface area contributed by atoms with Gasteiger partial charge in [0.1, 0.15) is 5.76 Å². The summed E-state index contributed by atoms with van der Waals surface area (Å²) in [4.78, 5) is 0. The molecule has 1 atom stereocenters. The average Bonchev–Trinajstić information content (AvgIpc) is 2.68. The number of aryl methyl sites for hydroxylation is 2. The first-order valence-electron chi connectivity index (χ1n) is 5.81. The maximum atomic E-state index is 6.12. The van der Waals surface area contributed by atoms with Crippen LogP contribution < -0.4 is 5.73 Å². The molecule has 0 aromatic heterocycles. The monoisotopic (exact) mass is 217 g/mol. The van der Waals surface area contributed by atoms with E-state index in [4.69, 9.17) is 10.5 Å². The first-order valence-corrected chi connectivity index (χ1v) is 5.81. The van der Waals surface area contributed by atoms with Crippen molar-refractivity contribution in [2.45, 2.75) is 32.7 Å². The van der Waals surface area contributed by atoms with E-state index in [-0.39, 0.29) is 6.04 Å². The quantitative estimate of drug-likeness (QED) is 0.844. The van der Waals surface area contributed by atoms with Crippen LogP contribution in [0.2, 0.25) is 0 Å². The van der Waals surface area contributed by atoms with E-state index < -0.39 is 0 Å². The minimum atomic E-state index is 0.00343. The molecule has 2 heteroatoms. The van der Waals surface area contributed by atoms with Crippen LogP contribution >= 0.6 is 0 Å². The maximum absolute atomic E-state index is 6.12. The van der Waals surface area contributed by atoms with E-state index in [9.17, 15) is 0 Å². The predicted molar refractivity (Wildman–Crippen MR) is 66.2 cm³/mol. The fraction of sp³-hybridized carbons (Fsp3) is 0.429. The van der Waals surface area contributed by atoms with Crippen LogP contribution in [0.25, 0.3) is 0 Å². The fourth-order valence-electron chi connectivity index (χ4n) is 2.24. The van der Waals surface area contributed by atoms with E-state index >= 15 is 0 Å². The van der Waals surface area contributed by atoms with Crippen LogP contribution in [-0.2, 0) is 11.2 Å². The number of hydrogen-bond acceptors (Lipinski definition) is 2. The molecule has 0 amide bonds. The number of hydrogen-bond donors (Lipinski definition) is 1. The van der Waals surface area contributed by atoms with Gasteiger partial charge in [0.05, 0.1) is 12.6 Å². The highest BCUT2D eigenvalue weighted by Crippen LogP contribution is 2.17. The molecule has 0 spiro atoms. The average molecular weight is 217 g/mol. The summed E-state index contributed by atoms with van der Waals surface area (Å²) in [6, 6.07) is 6.58. The van der Waals surface area contributed by atoms with Gasteiger partial charge in [0.2, 0.25) is 0 Å². The Labute approximate surface area is 97.1 Å². The second-order valence-corrected chi connectivity index (χ2v) is 4.55. The van der Waals surface area contributed by atoms with E-state index in [0.29, 0.717) is 0 Å². The Kier molecular flexibility index (Phi) is 3.30. The molecule has 0 saturated heterocycles. The van der Waals surface area contributed by atoms with Crippen LogP contribution in [-0.4, -0.2) is 12.6 Å². The van der Waals surface area contributed by atoms with Crippen molar-refractivity contribution in [2.24, 2.45) is 5.73 Å². The molecular weight excluding hydrogens is 198 g/mol. The summed E-state index contributed by atoms with van der Waals surface area (Å²) in [5.41, 5.74) is 10.0. The zero-order valence-electron chi connectivity index (χ0n) is 9.99. The van der Waals surface area contributed by atoms with Gasteiger partial charge in [-0.05, 0) is 31.9 Å². The van der Waals surface area contributed by atoms with Gasteiger partial charge in [0.15, 0.2) is 0 Å². The largest absolute Gasteiger partial charge is 0.496 e. The number of ether oxygens (including phenoxy) is 1. The smallest absolute Gasteiger partial charge is 0.109 e. The number of benzene rings is 1. The zero-order chi connectivity index (χ0) is 11.5. The second kappa shape index (κ2) is 4.71. The lowest BCUT2D eigenvalue weighted by Crippen LogP contribution is -2.25. The van der Waals surface area contributed by atoms with Crippen molar-refractivity contribution in [1.29, 1.82) is 0 Å². The topological polar surface area (TPSA) is 35.2 Å². The lowest BCUT2D eigenvalue weighted by molar-refractivity contribution is 0.224. The summed E-state index contributed by atoms with van der Waals surface area (Å²) in [6.07, 6.45) is 3.96. The van der Waals surface area contributed by atoms with Crippen molar-refractivity contribution in [1.82, 2.24) is 0 Å². The van der Waals surface area contributed by atoms with Gasteiger partial charge in [0, 0.05) is 6.42 Å². The fourth-order valence-corrected chi connectivity index (χ4v) is 2.24. The van der Waals surface area contributed by atoms with E-state index in [1.807, 2.05) is 0 Å². The molecule has 0 radical (unpaired) electrons. The third-order valence-corrected chi connectivity index (χ3v) is 2.83. The Morgan fingerprint density at radius 3 is 2.50 bits per heavy atom. The van der Waals surface area contributed by atoms with Gasteiger partial charge in [0.25, 0.3) is 0 Å². The van der Waals surface area contributed by atoms with Crippen LogP contribution in [0.15, 0.2) is 30.0 Å². The van der Waals surface area contributed by atoms with E-state index in [1.54, 1.807) is 0 Å². The number of nitrogens with two attached hydrogens (primary N) is 1. The van der Waals surface area contributed by atoms with Gasteiger partial charge in [-0.1, -0.05) is 29.3 Å². The molecule has 1 unspecified atom stereocenters. The van der Waals surface area contributed by atoms with Crippen LogP contribution in [0.1, 0.15) is 23.1 Å². The SMILES string of the molecule is Cc1cc(C)cc(CC(N)C2=CCCO2)c1. The van der Waals surface area contributed by atoms with Gasteiger partial charge in [-0.3, -0.25) is 0 Å². The molecule has 1 aromatic carbocycles. The molecular formula is C14H19NO. The van der Waals surface area contributed by atoms with Crippen LogP contribution in [0, 0.1) is 13.8 Å². The van der Waals surface area contributed by atoms with Gasteiger partial charge in [-0.25, -0.2) is 0 Å². The van der Waals surface area contributed by atoms with Crippen LogP contribution in [0.3, 0.4) is 0 Å². The molecule has 2 nitrogen and oxygen atoms in total.